The summed E-state index contributed by atoms with van der Waals surface area (Å²) in [4.78, 5) is 21.2. The Hall–Kier alpha value is -3.29. The van der Waals surface area contributed by atoms with Crippen LogP contribution in [0.2, 0.25) is 0 Å². The van der Waals surface area contributed by atoms with Gasteiger partial charge in [-0.15, -0.1) is 0 Å². The van der Waals surface area contributed by atoms with Gasteiger partial charge in [0.25, 0.3) is 5.69 Å². The van der Waals surface area contributed by atoms with Gasteiger partial charge in [0.2, 0.25) is 25.9 Å². The minimum absolute atomic E-state index is 0.0349. The number of ether oxygens (including phenoxy) is 1. The smallest absolute Gasteiger partial charge is 0.306 e. The zero-order valence-electron chi connectivity index (χ0n) is 19.0. The molecule has 15 nitrogen and oxygen atoms in total. The Balaban J connectivity index is 0.000000233. The summed E-state index contributed by atoms with van der Waals surface area (Å²) >= 11 is 0. The number of nitro benzene ring substituents is 2. The molecule has 0 spiro atoms. The summed E-state index contributed by atoms with van der Waals surface area (Å²) in [5.41, 5.74) is -1.25. The monoisotopic (exact) mass is 562 g/mol. The van der Waals surface area contributed by atoms with Crippen LogP contribution in [0.5, 0.6) is 0 Å². The van der Waals surface area contributed by atoms with Crippen LogP contribution >= 0.6 is 0 Å². The van der Waals surface area contributed by atoms with E-state index in [9.17, 15) is 41.5 Å². The second-order valence-corrected chi connectivity index (χ2v) is 11.3. The van der Waals surface area contributed by atoms with Crippen LogP contribution in [0, 0.1) is 26.0 Å². The van der Waals surface area contributed by atoms with Gasteiger partial charge in [0, 0.05) is 37.9 Å². The molecule has 202 valence electrons. The number of para-hydroxylation sites is 1. The SMILES string of the molecule is NS(=O)(=O)c1ccc(F)c([N+](=O)[O-])c1.NS(=O)(=O)c1cccc([N+](=O)[O-])c1NC1CN(C2CCOC2)C1. The number of nitrogens with two attached hydrogens (primary N) is 2. The van der Waals surface area contributed by atoms with Crippen molar-refractivity contribution in [1.29, 1.82) is 0 Å². The van der Waals surface area contributed by atoms with Crippen LogP contribution in [-0.4, -0.2) is 70.0 Å². The van der Waals surface area contributed by atoms with Crippen molar-refractivity contribution in [3.8, 4) is 0 Å². The highest BCUT2D eigenvalue weighted by Crippen LogP contribution is 2.33. The van der Waals surface area contributed by atoms with E-state index in [0.717, 1.165) is 19.1 Å². The summed E-state index contributed by atoms with van der Waals surface area (Å²) in [6, 6.07) is 6.27. The van der Waals surface area contributed by atoms with Crippen LogP contribution in [-0.2, 0) is 24.8 Å². The van der Waals surface area contributed by atoms with Crippen molar-refractivity contribution in [2.24, 2.45) is 10.3 Å². The molecule has 2 aromatic carbocycles. The summed E-state index contributed by atoms with van der Waals surface area (Å²) in [6.07, 6.45) is 0.973. The maximum atomic E-state index is 12.7. The van der Waals surface area contributed by atoms with Gasteiger partial charge in [-0.3, -0.25) is 25.1 Å². The number of hydrogen-bond acceptors (Lipinski definition) is 11. The molecule has 0 bridgehead atoms. The Morgan fingerprint density at radius 1 is 1.00 bits per heavy atom. The minimum Gasteiger partial charge on any atom is -0.380 e. The third kappa shape index (κ3) is 6.93. The quantitative estimate of drug-likeness (QED) is 0.311. The first-order chi connectivity index (χ1) is 17.2. The predicted molar refractivity (Wildman–Crippen MR) is 127 cm³/mol. The molecule has 0 amide bonds. The molecule has 5 N–H and O–H groups in total. The highest BCUT2D eigenvalue weighted by molar-refractivity contribution is 7.89. The minimum atomic E-state index is -4.05. The molecule has 2 aliphatic heterocycles. The highest BCUT2D eigenvalue weighted by atomic mass is 32.2. The summed E-state index contributed by atoms with van der Waals surface area (Å²) in [6.45, 7) is 2.81. The molecule has 0 saturated carbocycles. The second kappa shape index (κ2) is 11.0. The van der Waals surface area contributed by atoms with E-state index < -0.39 is 46.3 Å². The molecule has 37 heavy (non-hydrogen) atoms. The largest absolute Gasteiger partial charge is 0.380 e. The Bertz CT molecular complexity index is 1410. The van der Waals surface area contributed by atoms with Crippen LogP contribution < -0.4 is 15.6 Å². The molecule has 1 atom stereocenters. The molecule has 2 aliphatic rings. The van der Waals surface area contributed by atoms with Gasteiger partial charge in [0.1, 0.15) is 10.6 Å². The normalized spacial score (nSPS) is 18.4. The second-order valence-electron chi connectivity index (χ2n) is 8.18. The molecule has 1 unspecified atom stereocenters. The van der Waals surface area contributed by atoms with E-state index in [-0.39, 0.29) is 22.3 Å². The van der Waals surface area contributed by atoms with E-state index in [0.29, 0.717) is 37.9 Å². The average Bonchev–Trinajstić information content (AvgIpc) is 3.29. The topological polar surface area (TPSA) is 231 Å². The molecule has 0 aromatic heterocycles. The van der Waals surface area contributed by atoms with Crippen molar-refractivity contribution >= 4 is 37.1 Å². The van der Waals surface area contributed by atoms with Crippen molar-refractivity contribution in [2.75, 3.05) is 31.6 Å². The first-order valence-corrected chi connectivity index (χ1v) is 13.6. The number of benzene rings is 2. The Morgan fingerprint density at radius 3 is 2.16 bits per heavy atom. The summed E-state index contributed by atoms with van der Waals surface area (Å²) in [5.74, 6) is -1.11. The van der Waals surface area contributed by atoms with Crippen LogP contribution in [0.4, 0.5) is 21.5 Å². The van der Waals surface area contributed by atoms with Gasteiger partial charge in [-0.1, -0.05) is 6.07 Å². The number of anilines is 1. The van der Waals surface area contributed by atoms with E-state index in [4.69, 9.17) is 15.0 Å². The zero-order valence-corrected chi connectivity index (χ0v) is 20.7. The van der Waals surface area contributed by atoms with Crippen LogP contribution in [0.3, 0.4) is 0 Å². The lowest BCUT2D eigenvalue weighted by Crippen LogP contribution is -2.58. The Kier molecular flexibility index (Phi) is 8.40. The molecule has 2 aromatic rings. The number of hydrogen-bond donors (Lipinski definition) is 3. The number of nitro groups is 2. The fourth-order valence-electron chi connectivity index (χ4n) is 3.78. The number of likely N-dealkylation sites (tertiary alicyclic amines) is 1. The third-order valence-electron chi connectivity index (χ3n) is 5.63. The molecular formula is C19H23FN6O9S2. The maximum Gasteiger partial charge on any atom is 0.306 e. The lowest BCUT2D eigenvalue weighted by atomic mass is 10.0. The van der Waals surface area contributed by atoms with E-state index >= 15 is 0 Å². The third-order valence-corrected chi connectivity index (χ3v) is 7.49. The van der Waals surface area contributed by atoms with Gasteiger partial charge in [-0.25, -0.2) is 27.1 Å². The summed E-state index contributed by atoms with van der Waals surface area (Å²) in [5, 5.41) is 34.2. The van der Waals surface area contributed by atoms with Crippen LogP contribution in [0.25, 0.3) is 0 Å². The molecule has 18 heteroatoms. The van der Waals surface area contributed by atoms with Crippen LogP contribution in [0.15, 0.2) is 46.2 Å². The summed E-state index contributed by atoms with van der Waals surface area (Å²) < 4.78 is 62.9. The van der Waals surface area contributed by atoms with Gasteiger partial charge < -0.3 is 10.1 Å². The molecular weight excluding hydrogens is 539 g/mol. The molecule has 0 aliphatic carbocycles. The van der Waals surface area contributed by atoms with Gasteiger partial charge >= 0.3 is 5.69 Å². The number of nitrogens with one attached hydrogen (secondary N) is 1. The molecule has 0 radical (unpaired) electrons. The number of rotatable bonds is 7. The van der Waals surface area contributed by atoms with Crippen LogP contribution in [0.1, 0.15) is 6.42 Å². The molecule has 4 rings (SSSR count). The standard InChI is InChI=1S/C13H18N4O5S.C6H5FN2O4S/c14-23(20,21)12-3-1-2-11(17(18)19)13(12)15-9-6-16(7-9)10-4-5-22-8-10;7-5-2-1-4(14(8,12)13)3-6(5)9(10)11/h1-3,9-10,15H,4-8H2,(H2,14,20,21);1-3H,(H2,8,12,13). The lowest BCUT2D eigenvalue weighted by molar-refractivity contribution is -0.387. The zero-order chi connectivity index (χ0) is 27.5. The van der Waals surface area contributed by atoms with Crippen molar-refractivity contribution < 1.29 is 35.8 Å². The Morgan fingerprint density at radius 2 is 1.65 bits per heavy atom. The van der Waals surface area contributed by atoms with E-state index in [1.807, 2.05) is 0 Å². The van der Waals surface area contributed by atoms with Crippen molar-refractivity contribution in [2.45, 2.75) is 28.3 Å². The predicted octanol–water partition coefficient (Wildman–Crippen LogP) is 0.508. The van der Waals surface area contributed by atoms with Crippen molar-refractivity contribution in [1.82, 2.24) is 4.90 Å². The summed E-state index contributed by atoms with van der Waals surface area (Å²) in [7, 11) is -8.10. The number of sulfonamides is 2. The maximum absolute atomic E-state index is 12.7. The molecule has 2 fully saturated rings. The van der Waals surface area contributed by atoms with Gasteiger partial charge in [-0.2, -0.15) is 4.39 Å². The van der Waals surface area contributed by atoms with Gasteiger partial charge in [0.05, 0.1) is 27.4 Å². The highest BCUT2D eigenvalue weighted by Gasteiger charge is 2.36. The first-order valence-electron chi connectivity index (χ1n) is 10.5. The number of primary sulfonamides is 2. The fourth-order valence-corrected chi connectivity index (χ4v) is 5.03. The molecule has 2 saturated heterocycles. The first kappa shape index (κ1) is 28.3. The van der Waals surface area contributed by atoms with E-state index in [1.165, 1.54) is 18.2 Å². The number of halogens is 1. The van der Waals surface area contributed by atoms with Crippen molar-refractivity contribution in [3.63, 3.8) is 0 Å². The molecule has 2 heterocycles. The Labute approximate surface area is 210 Å². The van der Waals surface area contributed by atoms with E-state index in [1.54, 1.807) is 0 Å². The van der Waals surface area contributed by atoms with E-state index in [2.05, 4.69) is 10.2 Å². The average molecular weight is 563 g/mol. The number of nitrogens with zero attached hydrogens (tertiary/aromatic N) is 3. The van der Waals surface area contributed by atoms with Gasteiger partial charge in [-0.05, 0) is 24.6 Å². The van der Waals surface area contributed by atoms with Crippen molar-refractivity contribution in [3.05, 3.63) is 62.4 Å². The van der Waals surface area contributed by atoms with Gasteiger partial charge in [0.15, 0.2) is 0 Å². The fraction of sp³-hybridized carbons (Fsp3) is 0.368. The lowest BCUT2D eigenvalue weighted by Gasteiger charge is -2.43.